The monoisotopic (exact) mass is 285 g/mol. The van der Waals surface area contributed by atoms with E-state index in [4.69, 9.17) is 13.6 Å². The summed E-state index contributed by atoms with van der Waals surface area (Å²) in [5, 5.41) is 3.66. The molecule has 1 aromatic carbocycles. The number of fused-ring (bicyclic) bond motifs is 1. The molecular weight excluding hydrogens is 270 g/mol. The molecule has 1 N–H and O–H groups in total. The van der Waals surface area contributed by atoms with Gasteiger partial charge in [-0.3, -0.25) is 4.79 Å². The Morgan fingerprint density at radius 3 is 2.90 bits per heavy atom. The molecule has 5 nitrogen and oxygen atoms in total. The van der Waals surface area contributed by atoms with Crippen LogP contribution >= 0.6 is 0 Å². The molecule has 0 unspecified atom stereocenters. The molecule has 0 radical (unpaired) electrons. The smallest absolute Gasteiger partial charge is 0.251 e. The Morgan fingerprint density at radius 1 is 1.24 bits per heavy atom. The number of nitrogens with one attached hydrogen (secondary N) is 1. The fourth-order valence-corrected chi connectivity index (χ4v) is 2.13. The first-order chi connectivity index (χ1) is 10.3. The number of hydrogen-bond acceptors (Lipinski definition) is 4. The van der Waals surface area contributed by atoms with Crippen LogP contribution in [0.15, 0.2) is 51.7 Å². The Bertz CT molecular complexity index is 743. The zero-order valence-corrected chi connectivity index (χ0v) is 11.6. The molecule has 108 valence electrons. The summed E-state index contributed by atoms with van der Waals surface area (Å²) < 4.78 is 16.1. The summed E-state index contributed by atoms with van der Waals surface area (Å²) in [6.45, 7) is 2.76. The van der Waals surface area contributed by atoms with Gasteiger partial charge in [-0.15, -0.1) is 0 Å². The van der Waals surface area contributed by atoms with Gasteiger partial charge in [-0.05, 0) is 37.3 Å². The molecule has 3 rings (SSSR count). The van der Waals surface area contributed by atoms with Crippen LogP contribution in [0, 0.1) is 0 Å². The van der Waals surface area contributed by atoms with Crippen molar-refractivity contribution < 1.29 is 18.4 Å². The molecule has 5 heteroatoms. The molecule has 0 saturated heterocycles. The normalized spacial score (nSPS) is 10.7. The van der Waals surface area contributed by atoms with E-state index in [9.17, 15) is 4.79 Å². The van der Waals surface area contributed by atoms with E-state index in [1.807, 2.05) is 19.1 Å². The van der Waals surface area contributed by atoms with Gasteiger partial charge in [-0.2, -0.15) is 0 Å². The number of rotatable bonds is 5. The van der Waals surface area contributed by atoms with Gasteiger partial charge in [0.2, 0.25) is 0 Å². The van der Waals surface area contributed by atoms with Gasteiger partial charge in [0.05, 0.1) is 31.1 Å². The fourth-order valence-electron chi connectivity index (χ4n) is 2.13. The Kier molecular flexibility index (Phi) is 3.64. The largest absolute Gasteiger partial charge is 0.493 e. The maximum atomic E-state index is 12.2. The maximum absolute atomic E-state index is 12.2. The summed E-state index contributed by atoms with van der Waals surface area (Å²) in [4.78, 5) is 12.2. The van der Waals surface area contributed by atoms with Crippen LogP contribution in [0.25, 0.3) is 11.0 Å². The Hall–Kier alpha value is -2.69. The summed E-state index contributed by atoms with van der Waals surface area (Å²) in [6, 6.07) is 8.84. The molecule has 0 fully saturated rings. The predicted molar refractivity (Wildman–Crippen MR) is 77.3 cm³/mol. The summed E-state index contributed by atoms with van der Waals surface area (Å²) in [5.74, 6) is 1.14. The van der Waals surface area contributed by atoms with Crippen LogP contribution in [0.1, 0.15) is 23.0 Å². The highest BCUT2D eigenvalue weighted by molar-refractivity contribution is 5.99. The minimum Gasteiger partial charge on any atom is -0.493 e. The van der Waals surface area contributed by atoms with Gasteiger partial charge in [0.1, 0.15) is 17.1 Å². The minimum absolute atomic E-state index is 0.203. The van der Waals surface area contributed by atoms with Gasteiger partial charge >= 0.3 is 0 Å². The van der Waals surface area contributed by atoms with Gasteiger partial charge in [0, 0.05) is 5.56 Å². The Balaban J connectivity index is 1.83. The third-order valence-corrected chi connectivity index (χ3v) is 3.10. The number of ether oxygens (including phenoxy) is 1. The van der Waals surface area contributed by atoms with Gasteiger partial charge in [0.25, 0.3) is 5.91 Å². The lowest BCUT2D eigenvalue weighted by Crippen LogP contribution is -2.22. The van der Waals surface area contributed by atoms with E-state index in [0.717, 1.165) is 5.39 Å². The van der Waals surface area contributed by atoms with Gasteiger partial charge in [-0.1, -0.05) is 0 Å². The first-order valence-electron chi connectivity index (χ1n) is 6.72. The summed E-state index contributed by atoms with van der Waals surface area (Å²) in [5.41, 5.74) is 1.12. The summed E-state index contributed by atoms with van der Waals surface area (Å²) in [7, 11) is 0. The molecule has 3 aromatic rings. The van der Waals surface area contributed by atoms with Crippen molar-refractivity contribution in [2.45, 2.75) is 13.5 Å². The molecule has 0 aliphatic heterocycles. The van der Waals surface area contributed by atoms with Crippen LogP contribution in [0.5, 0.6) is 5.75 Å². The van der Waals surface area contributed by atoms with Crippen molar-refractivity contribution in [2.24, 2.45) is 0 Å². The van der Waals surface area contributed by atoms with Crippen LogP contribution in [0.3, 0.4) is 0 Å². The van der Waals surface area contributed by atoms with Crippen molar-refractivity contribution in [1.82, 2.24) is 5.32 Å². The number of carbonyl (C=O) groups is 1. The van der Waals surface area contributed by atoms with Crippen molar-refractivity contribution in [3.63, 3.8) is 0 Å². The molecular formula is C16H15NO4. The molecule has 0 atom stereocenters. The zero-order valence-electron chi connectivity index (χ0n) is 11.6. The van der Waals surface area contributed by atoms with Crippen molar-refractivity contribution >= 4 is 16.9 Å². The topological polar surface area (TPSA) is 64.6 Å². The van der Waals surface area contributed by atoms with Crippen LogP contribution < -0.4 is 10.1 Å². The second-order valence-corrected chi connectivity index (χ2v) is 4.50. The van der Waals surface area contributed by atoms with E-state index in [1.165, 1.54) is 0 Å². The zero-order chi connectivity index (χ0) is 14.7. The molecule has 0 bridgehead atoms. The van der Waals surface area contributed by atoms with Crippen molar-refractivity contribution in [3.05, 3.63) is 54.2 Å². The molecule has 0 saturated carbocycles. The van der Waals surface area contributed by atoms with Crippen molar-refractivity contribution in [1.29, 1.82) is 0 Å². The van der Waals surface area contributed by atoms with E-state index in [1.54, 1.807) is 30.7 Å². The van der Waals surface area contributed by atoms with Crippen LogP contribution in [0.2, 0.25) is 0 Å². The molecule has 0 aliphatic carbocycles. The van der Waals surface area contributed by atoms with Crippen LogP contribution in [-0.4, -0.2) is 12.5 Å². The molecule has 0 spiro atoms. The Labute approximate surface area is 121 Å². The lowest BCUT2D eigenvalue weighted by atomic mass is 10.1. The lowest BCUT2D eigenvalue weighted by Gasteiger charge is -2.08. The number of amides is 1. The van der Waals surface area contributed by atoms with E-state index >= 15 is 0 Å². The van der Waals surface area contributed by atoms with Crippen LogP contribution in [-0.2, 0) is 6.54 Å². The second kappa shape index (κ2) is 5.75. The first-order valence-corrected chi connectivity index (χ1v) is 6.72. The van der Waals surface area contributed by atoms with E-state index in [2.05, 4.69) is 5.32 Å². The lowest BCUT2D eigenvalue weighted by molar-refractivity contribution is 0.0947. The quantitative estimate of drug-likeness (QED) is 0.780. The number of benzene rings is 1. The molecule has 1 amide bonds. The predicted octanol–water partition coefficient (Wildman–Crippen LogP) is 3.35. The average Bonchev–Trinajstić information content (AvgIpc) is 3.16. The number of carbonyl (C=O) groups excluding carboxylic acids is 1. The van der Waals surface area contributed by atoms with E-state index in [-0.39, 0.29) is 5.91 Å². The maximum Gasteiger partial charge on any atom is 0.251 e. The van der Waals surface area contributed by atoms with Gasteiger partial charge < -0.3 is 18.9 Å². The average molecular weight is 285 g/mol. The summed E-state index contributed by atoms with van der Waals surface area (Å²) in [6.07, 6.45) is 3.15. The highest BCUT2D eigenvalue weighted by Crippen LogP contribution is 2.28. The highest BCUT2D eigenvalue weighted by atomic mass is 16.5. The highest BCUT2D eigenvalue weighted by Gasteiger charge is 2.13. The third kappa shape index (κ3) is 2.76. The molecule has 0 aliphatic rings. The third-order valence-electron chi connectivity index (χ3n) is 3.10. The summed E-state index contributed by atoms with van der Waals surface area (Å²) >= 11 is 0. The number of hydrogen-bond donors (Lipinski definition) is 1. The standard InChI is InChI=1S/C16H15NO4/c1-2-19-14-8-11(9-15-13(14)5-7-21-15)16(18)17-10-12-4-3-6-20-12/h3-9H,2,10H2,1H3,(H,17,18). The molecule has 2 heterocycles. The molecule has 2 aromatic heterocycles. The van der Waals surface area contributed by atoms with E-state index in [0.29, 0.717) is 35.8 Å². The second-order valence-electron chi connectivity index (χ2n) is 4.50. The first kappa shape index (κ1) is 13.3. The van der Waals surface area contributed by atoms with Crippen LogP contribution in [0.4, 0.5) is 0 Å². The van der Waals surface area contributed by atoms with Gasteiger partial charge in [-0.25, -0.2) is 0 Å². The molecule has 21 heavy (non-hydrogen) atoms. The number of furan rings is 2. The van der Waals surface area contributed by atoms with Crippen molar-refractivity contribution in [2.75, 3.05) is 6.61 Å². The minimum atomic E-state index is -0.203. The van der Waals surface area contributed by atoms with Gasteiger partial charge in [0.15, 0.2) is 0 Å². The SMILES string of the molecule is CCOc1cc(C(=O)NCc2ccco2)cc2occc12. The van der Waals surface area contributed by atoms with E-state index < -0.39 is 0 Å². The Morgan fingerprint density at radius 2 is 2.14 bits per heavy atom. The van der Waals surface area contributed by atoms with Crippen molar-refractivity contribution in [3.8, 4) is 5.75 Å². The fraction of sp³-hybridized carbons (Fsp3) is 0.188.